The number of rotatable bonds is 5. The zero-order valence-corrected chi connectivity index (χ0v) is 10.1. The van der Waals surface area contributed by atoms with Crippen LogP contribution >= 0.6 is 0 Å². The van der Waals surface area contributed by atoms with E-state index in [2.05, 4.69) is 15.3 Å². The van der Waals surface area contributed by atoms with Gasteiger partial charge in [-0.15, -0.1) is 0 Å². The van der Waals surface area contributed by atoms with Gasteiger partial charge in [0.05, 0.1) is 0 Å². The summed E-state index contributed by atoms with van der Waals surface area (Å²) >= 11 is 0. The first-order valence-corrected chi connectivity index (χ1v) is 6.28. The van der Waals surface area contributed by atoms with Gasteiger partial charge in [0.25, 0.3) is 0 Å². The Bertz CT molecular complexity index is 357. The Balaban J connectivity index is 1.63. The molecule has 1 aromatic rings. The SMILES string of the molecule is NC(=NCC1CCC1)NCCc1ccccn1. The summed E-state index contributed by atoms with van der Waals surface area (Å²) in [4.78, 5) is 8.59. The van der Waals surface area contributed by atoms with Crippen LogP contribution in [0.1, 0.15) is 25.0 Å². The van der Waals surface area contributed by atoms with Gasteiger partial charge in [-0.2, -0.15) is 0 Å². The zero-order valence-electron chi connectivity index (χ0n) is 10.1. The van der Waals surface area contributed by atoms with Crippen LogP contribution in [0.25, 0.3) is 0 Å². The lowest BCUT2D eigenvalue weighted by molar-refractivity contribution is 0.326. The first-order valence-electron chi connectivity index (χ1n) is 6.28. The van der Waals surface area contributed by atoms with Crippen LogP contribution in [0, 0.1) is 5.92 Å². The molecule has 1 aliphatic carbocycles. The number of hydrogen-bond donors (Lipinski definition) is 2. The fraction of sp³-hybridized carbons (Fsp3) is 0.538. The summed E-state index contributed by atoms with van der Waals surface area (Å²) < 4.78 is 0. The molecule has 3 N–H and O–H groups in total. The van der Waals surface area contributed by atoms with Gasteiger partial charge < -0.3 is 11.1 Å². The van der Waals surface area contributed by atoms with Crippen molar-refractivity contribution in [1.29, 1.82) is 0 Å². The number of pyridine rings is 1. The number of nitrogens with zero attached hydrogens (tertiary/aromatic N) is 2. The first-order chi connectivity index (χ1) is 8.34. The molecule has 17 heavy (non-hydrogen) atoms. The van der Waals surface area contributed by atoms with Crippen LogP contribution in [0.5, 0.6) is 0 Å². The fourth-order valence-corrected chi connectivity index (χ4v) is 1.82. The van der Waals surface area contributed by atoms with Gasteiger partial charge in [-0.1, -0.05) is 12.5 Å². The highest BCUT2D eigenvalue weighted by Gasteiger charge is 2.16. The second kappa shape index (κ2) is 6.23. The van der Waals surface area contributed by atoms with E-state index < -0.39 is 0 Å². The van der Waals surface area contributed by atoms with Gasteiger partial charge in [-0.05, 0) is 30.9 Å². The Morgan fingerprint density at radius 1 is 1.47 bits per heavy atom. The van der Waals surface area contributed by atoms with Crippen LogP contribution in [-0.2, 0) is 6.42 Å². The maximum absolute atomic E-state index is 5.78. The molecule has 1 saturated carbocycles. The van der Waals surface area contributed by atoms with Crippen molar-refractivity contribution in [2.45, 2.75) is 25.7 Å². The maximum Gasteiger partial charge on any atom is 0.188 e. The van der Waals surface area contributed by atoms with E-state index in [4.69, 9.17) is 5.73 Å². The van der Waals surface area contributed by atoms with Crippen molar-refractivity contribution in [3.63, 3.8) is 0 Å². The lowest BCUT2D eigenvalue weighted by atomic mass is 9.86. The number of nitrogens with one attached hydrogen (secondary N) is 1. The van der Waals surface area contributed by atoms with Crippen molar-refractivity contribution in [1.82, 2.24) is 10.3 Å². The van der Waals surface area contributed by atoms with Gasteiger partial charge in [0.2, 0.25) is 0 Å². The van der Waals surface area contributed by atoms with Crippen molar-refractivity contribution < 1.29 is 0 Å². The quantitative estimate of drug-likeness (QED) is 0.594. The highest BCUT2D eigenvalue weighted by atomic mass is 15.1. The van der Waals surface area contributed by atoms with Crippen molar-refractivity contribution in [3.8, 4) is 0 Å². The molecule has 0 radical (unpaired) electrons. The molecular formula is C13H20N4. The average molecular weight is 232 g/mol. The number of nitrogens with two attached hydrogens (primary N) is 1. The van der Waals surface area contributed by atoms with E-state index in [0.29, 0.717) is 5.96 Å². The summed E-state index contributed by atoms with van der Waals surface area (Å²) in [6.45, 7) is 1.67. The van der Waals surface area contributed by atoms with E-state index in [1.165, 1.54) is 19.3 Å². The molecule has 0 bridgehead atoms. The molecule has 0 amide bonds. The minimum absolute atomic E-state index is 0.563. The normalized spacial score (nSPS) is 16.6. The standard InChI is InChI=1S/C13H20N4/c14-13(17-10-11-4-3-5-11)16-9-7-12-6-1-2-8-15-12/h1-2,6,8,11H,3-5,7,9-10H2,(H3,14,16,17). The molecule has 1 aliphatic rings. The fourth-order valence-electron chi connectivity index (χ4n) is 1.82. The summed E-state index contributed by atoms with van der Waals surface area (Å²) in [5.74, 6) is 1.33. The molecule has 1 heterocycles. The van der Waals surface area contributed by atoms with Crippen molar-refractivity contribution in [3.05, 3.63) is 30.1 Å². The smallest absolute Gasteiger partial charge is 0.188 e. The third-order valence-corrected chi connectivity index (χ3v) is 3.16. The van der Waals surface area contributed by atoms with Crippen LogP contribution < -0.4 is 11.1 Å². The molecule has 4 heteroatoms. The largest absolute Gasteiger partial charge is 0.370 e. The van der Waals surface area contributed by atoms with Crippen molar-refractivity contribution in [2.75, 3.05) is 13.1 Å². The molecule has 0 spiro atoms. The van der Waals surface area contributed by atoms with E-state index in [1.54, 1.807) is 0 Å². The number of aliphatic imine (C=N–C) groups is 1. The van der Waals surface area contributed by atoms with Crippen LogP contribution in [0.4, 0.5) is 0 Å². The van der Waals surface area contributed by atoms with E-state index >= 15 is 0 Å². The van der Waals surface area contributed by atoms with E-state index in [1.807, 2.05) is 24.4 Å². The summed E-state index contributed by atoms with van der Waals surface area (Å²) in [6.07, 6.45) is 6.66. The van der Waals surface area contributed by atoms with Gasteiger partial charge in [-0.3, -0.25) is 9.98 Å². The van der Waals surface area contributed by atoms with Gasteiger partial charge in [0.15, 0.2) is 5.96 Å². The first kappa shape index (κ1) is 11.9. The lowest BCUT2D eigenvalue weighted by Gasteiger charge is -2.23. The predicted octanol–water partition coefficient (Wildman–Crippen LogP) is 1.33. The summed E-state index contributed by atoms with van der Waals surface area (Å²) in [5.41, 5.74) is 6.86. The number of guanidine groups is 1. The van der Waals surface area contributed by atoms with Crippen LogP contribution in [0.15, 0.2) is 29.4 Å². The monoisotopic (exact) mass is 232 g/mol. The van der Waals surface area contributed by atoms with E-state index in [0.717, 1.165) is 31.1 Å². The Morgan fingerprint density at radius 2 is 2.35 bits per heavy atom. The van der Waals surface area contributed by atoms with Gasteiger partial charge in [0, 0.05) is 31.4 Å². The Kier molecular flexibility index (Phi) is 4.36. The van der Waals surface area contributed by atoms with Crippen LogP contribution in [0.3, 0.4) is 0 Å². The predicted molar refractivity (Wildman–Crippen MR) is 69.8 cm³/mol. The summed E-state index contributed by atoms with van der Waals surface area (Å²) in [7, 11) is 0. The molecule has 0 saturated heterocycles. The molecule has 4 nitrogen and oxygen atoms in total. The minimum atomic E-state index is 0.563. The van der Waals surface area contributed by atoms with E-state index in [-0.39, 0.29) is 0 Å². The van der Waals surface area contributed by atoms with Gasteiger partial charge in [-0.25, -0.2) is 0 Å². The Morgan fingerprint density at radius 3 is 3.00 bits per heavy atom. The van der Waals surface area contributed by atoms with Crippen LogP contribution in [-0.4, -0.2) is 24.0 Å². The van der Waals surface area contributed by atoms with Gasteiger partial charge in [0.1, 0.15) is 0 Å². The average Bonchev–Trinajstić information content (AvgIpc) is 2.28. The van der Waals surface area contributed by atoms with Crippen molar-refractivity contribution in [2.24, 2.45) is 16.6 Å². The number of aromatic nitrogens is 1. The highest BCUT2D eigenvalue weighted by molar-refractivity contribution is 5.77. The molecular weight excluding hydrogens is 212 g/mol. The summed E-state index contributed by atoms with van der Waals surface area (Å²) in [6, 6.07) is 5.94. The molecule has 2 rings (SSSR count). The minimum Gasteiger partial charge on any atom is -0.370 e. The van der Waals surface area contributed by atoms with Crippen LogP contribution in [0.2, 0.25) is 0 Å². The molecule has 92 valence electrons. The topological polar surface area (TPSA) is 63.3 Å². The number of hydrogen-bond acceptors (Lipinski definition) is 2. The van der Waals surface area contributed by atoms with E-state index in [9.17, 15) is 0 Å². The Hall–Kier alpha value is -1.58. The maximum atomic E-state index is 5.78. The molecule has 0 atom stereocenters. The summed E-state index contributed by atoms with van der Waals surface area (Å²) in [5, 5.41) is 3.12. The second-order valence-corrected chi connectivity index (χ2v) is 4.52. The molecule has 0 aliphatic heterocycles. The lowest BCUT2D eigenvalue weighted by Crippen LogP contribution is -2.34. The van der Waals surface area contributed by atoms with Crippen molar-refractivity contribution >= 4 is 5.96 Å². The van der Waals surface area contributed by atoms with Gasteiger partial charge >= 0.3 is 0 Å². The zero-order chi connectivity index (χ0) is 11.9. The Labute approximate surface area is 102 Å². The molecule has 0 unspecified atom stereocenters. The third-order valence-electron chi connectivity index (χ3n) is 3.16. The highest BCUT2D eigenvalue weighted by Crippen LogP contribution is 2.26. The molecule has 1 aromatic heterocycles. The molecule has 1 fully saturated rings. The second-order valence-electron chi connectivity index (χ2n) is 4.52. The molecule has 0 aromatic carbocycles. The third kappa shape index (κ3) is 4.06.